The zero-order chi connectivity index (χ0) is 20.3. The van der Waals surface area contributed by atoms with Crippen LogP contribution in [0.25, 0.3) is 0 Å². The number of carbonyl (C=O) groups excluding carboxylic acids is 1. The van der Waals surface area contributed by atoms with Crippen molar-refractivity contribution in [1.82, 2.24) is 4.90 Å². The van der Waals surface area contributed by atoms with Gasteiger partial charge in [-0.2, -0.15) is 0 Å². The van der Waals surface area contributed by atoms with Crippen LogP contribution in [0.1, 0.15) is 123 Å². The predicted octanol–water partition coefficient (Wildman–Crippen LogP) is 6.82. The molecule has 0 N–H and O–H groups in total. The average molecular weight is 398 g/mol. The van der Waals surface area contributed by atoms with Crippen molar-refractivity contribution in [1.29, 1.82) is 0 Å². The second-order valence-corrected chi connectivity index (χ2v) is 8.48. The first-order valence-electron chi connectivity index (χ1n) is 12.3. The topological polar surface area (TPSA) is 38.8 Å². The summed E-state index contributed by atoms with van der Waals surface area (Å²) in [5.41, 5.74) is 0. The van der Waals surface area contributed by atoms with Crippen molar-refractivity contribution in [2.24, 2.45) is 0 Å². The maximum Gasteiger partial charge on any atom is 0.222 e. The van der Waals surface area contributed by atoms with Gasteiger partial charge in [0.05, 0.1) is 12.6 Å². The van der Waals surface area contributed by atoms with Crippen molar-refractivity contribution >= 4 is 5.91 Å². The normalized spacial score (nSPS) is 16.8. The second kappa shape index (κ2) is 18.4. The second-order valence-electron chi connectivity index (χ2n) is 8.48. The summed E-state index contributed by atoms with van der Waals surface area (Å²) in [5, 5.41) is 0. The minimum Gasteiger partial charge on any atom is -0.337 e. The fourth-order valence-corrected chi connectivity index (χ4v) is 4.04. The molecule has 4 nitrogen and oxygen atoms in total. The Morgan fingerprint density at radius 2 is 1.36 bits per heavy atom. The molecule has 1 atom stereocenters. The van der Waals surface area contributed by atoms with Crippen LogP contribution in [0.5, 0.6) is 0 Å². The molecule has 1 amide bonds. The minimum atomic E-state index is 0.214. The lowest BCUT2D eigenvalue weighted by Crippen LogP contribution is -2.38. The predicted molar refractivity (Wildman–Crippen MR) is 117 cm³/mol. The van der Waals surface area contributed by atoms with Crippen LogP contribution in [0.3, 0.4) is 0 Å². The van der Waals surface area contributed by atoms with Crippen molar-refractivity contribution in [3.63, 3.8) is 0 Å². The number of rotatable bonds is 19. The summed E-state index contributed by atoms with van der Waals surface area (Å²) < 4.78 is 0. The van der Waals surface area contributed by atoms with Gasteiger partial charge in [-0.1, -0.05) is 90.9 Å². The summed E-state index contributed by atoms with van der Waals surface area (Å²) in [5.74, 6) is 0.310. The van der Waals surface area contributed by atoms with Gasteiger partial charge in [0, 0.05) is 13.0 Å². The minimum absolute atomic E-state index is 0.214. The van der Waals surface area contributed by atoms with Gasteiger partial charge in [0.1, 0.15) is 6.61 Å². The van der Waals surface area contributed by atoms with Crippen LogP contribution in [-0.2, 0) is 14.6 Å². The van der Waals surface area contributed by atoms with E-state index < -0.39 is 0 Å². The Morgan fingerprint density at radius 1 is 0.786 bits per heavy atom. The summed E-state index contributed by atoms with van der Waals surface area (Å²) in [6.07, 6.45) is 21.2. The van der Waals surface area contributed by atoms with Crippen molar-refractivity contribution in [2.45, 2.75) is 129 Å². The van der Waals surface area contributed by atoms with Gasteiger partial charge in [-0.3, -0.25) is 4.79 Å². The molecule has 166 valence electrons. The summed E-state index contributed by atoms with van der Waals surface area (Å²) in [6, 6.07) is 0.214. The van der Waals surface area contributed by atoms with E-state index in [2.05, 4.69) is 13.8 Å². The molecular formula is C24H47NO3. The molecule has 1 aliphatic rings. The van der Waals surface area contributed by atoms with Gasteiger partial charge < -0.3 is 4.90 Å². The Labute approximate surface area is 174 Å². The standard InChI is InChI=1S/C24H47NO3/c1-3-5-6-7-8-9-10-11-12-13-14-15-16-19-24(26)25-20-17-18-23(25)22-28-27-21-4-2/h23H,3-22H2,1-2H3. The summed E-state index contributed by atoms with van der Waals surface area (Å²) >= 11 is 0. The monoisotopic (exact) mass is 397 g/mol. The molecular weight excluding hydrogens is 350 g/mol. The fourth-order valence-electron chi connectivity index (χ4n) is 4.04. The number of amides is 1. The molecule has 1 aliphatic heterocycles. The quantitative estimate of drug-likeness (QED) is 0.136. The third kappa shape index (κ3) is 12.8. The van der Waals surface area contributed by atoms with Gasteiger partial charge in [0.2, 0.25) is 5.91 Å². The Balaban J connectivity index is 1.92. The molecule has 1 unspecified atom stereocenters. The van der Waals surface area contributed by atoms with E-state index in [1.807, 2.05) is 4.90 Å². The first-order chi connectivity index (χ1) is 13.8. The van der Waals surface area contributed by atoms with Crippen LogP contribution in [0, 0.1) is 0 Å². The van der Waals surface area contributed by atoms with Crippen molar-refractivity contribution in [2.75, 3.05) is 19.8 Å². The van der Waals surface area contributed by atoms with Crippen molar-refractivity contribution in [3.05, 3.63) is 0 Å². The molecule has 0 bridgehead atoms. The van der Waals surface area contributed by atoms with E-state index in [1.54, 1.807) is 0 Å². The molecule has 1 heterocycles. The van der Waals surface area contributed by atoms with Crippen LogP contribution in [0.4, 0.5) is 0 Å². The third-order valence-corrected chi connectivity index (χ3v) is 5.82. The summed E-state index contributed by atoms with van der Waals surface area (Å²) in [4.78, 5) is 24.9. The summed E-state index contributed by atoms with van der Waals surface area (Å²) in [7, 11) is 0. The Morgan fingerprint density at radius 3 is 1.93 bits per heavy atom. The average Bonchev–Trinajstić information content (AvgIpc) is 3.17. The molecule has 1 saturated heterocycles. The molecule has 1 fully saturated rings. The van der Waals surface area contributed by atoms with Crippen molar-refractivity contribution < 1.29 is 14.6 Å². The Kier molecular flexibility index (Phi) is 16.7. The van der Waals surface area contributed by atoms with Crippen LogP contribution >= 0.6 is 0 Å². The number of hydrogen-bond acceptors (Lipinski definition) is 3. The van der Waals surface area contributed by atoms with Crippen LogP contribution in [0.15, 0.2) is 0 Å². The Hall–Kier alpha value is -0.610. The molecule has 1 rings (SSSR count). The van der Waals surface area contributed by atoms with Gasteiger partial charge in [-0.25, -0.2) is 9.78 Å². The molecule has 0 aromatic heterocycles. The van der Waals surface area contributed by atoms with Gasteiger partial charge in [0.25, 0.3) is 0 Å². The third-order valence-electron chi connectivity index (χ3n) is 5.82. The van der Waals surface area contributed by atoms with Crippen LogP contribution < -0.4 is 0 Å². The molecule has 0 aromatic rings. The van der Waals surface area contributed by atoms with E-state index in [0.29, 0.717) is 25.5 Å². The van der Waals surface area contributed by atoms with Gasteiger partial charge >= 0.3 is 0 Å². The lowest BCUT2D eigenvalue weighted by Gasteiger charge is -2.24. The van der Waals surface area contributed by atoms with Crippen LogP contribution in [-0.4, -0.2) is 36.6 Å². The zero-order valence-corrected chi connectivity index (χ0v) is 18.9. The summed E-state index contributed by atoms with van der Waals surface area (Å²) in [6.45, 7) is 6.37. The number of nitrogens with zero attached hydrogens (tertiary/aromatic N) is 1. The molecule has 0 aliphatic carbocycles. The van der Waals surface area contributed by atoms with Gasteiger partial charge in [-0.15, -0.1) is 0 Å². The molecule has 0 aromatic carbocycles. The highest BCUT2D eigenvalue weighted by atomic mass is 17.2. The lowest BCUT2D eigenvalue weighted by atomic mass is 10.0. The largest absolute Gasteiger partial charge is 0.337 e. The highest BCUT2D eigenvalue weighted by molar-refractivity contribution is 5.76. The molecule has 28 heavy (non-hydrogen) atoms. The lowest BCUT2D eigenvalue weighted by molar-refractivity contribution is -0.299. The smallest absolute Gasteiger partial charge is 0.222 e. The molecule has 0 radical (unpaired) electrons. The zero-order valence-electron chi connectivity index (χ0n) is 18.9. The van der Waals surface area contributed by atoms with E-state index in [4.69, 9.17) is 9.78 Å². The highest BCUT2D eigenvalue weighted by Gasteiger charge is 2.28. The maximum absolute atomic E-state index is 12.5. The van der Waals surface area contributed by atoms with Crippen molar-refractivity contribution in [3.8, 4) is 0 Å². The van der Waals surface area contributed by atoms with E-state index in [-0.39, 0.29) is 6.04 Å². The molecule has 4 heteroatoms. The number of unbranched alkanes of at least 4 members (excludes halogenated alkanes) is 12. The van der Waals surface area contributed by atoms with E-state index in [1.165, 1.54) is 77.0 Å². The van der Waals surface area contributed by atoms with E-state index in [9.17, 15) is 4.79 Å². The SMILES string of the molecule is CCCCCCCCCCCCCCCC(=O)N1CCCC1COOCCC. The van der Waals surface area contributed by atoms with Gasteiger partial charge in [-0.05, 0) is 25.7 Å². The number of carbonyl (C=O) groups is 1. The number of hydrogen-bond donors (Lipinski definition) is 0. The van der Waals surface area contributed by atoms with Crippen LogP contribution in [0.2, 0.25) is 0 Å². The maximum atomic E-state index is 12.5. The first-order valence-corrected chi connectivity index (χ1v) is 12.3. The molecule has 0 spiro atoms. The first kappa shape index (κ1) is 25.4. The van der Waals surface area contributed by atoms with E-state index >= 15 is 0 Å². The Bertz CT molecular complexity index is 362. The highest BCUT2D eigenvalue weighted by Crippen LogP contribution is 2.20. The van der Waals surface area contributed by atoms with Gasteiger partial charge in [0.15, 0.2) is 0 Å². The molecule has 0 saturated carbocycles. The number of likely N-dealkylation sites (tertiary alicyclic amines) is 1. The van der Waals surface area contributed by atoms with E-state index in [0.717, 1.165) is 32.2 Å². The fraction of sp³-hybridized carbons (Fsp3) is 0.958.